The Bertz CT molecular complexity index is 781. The van der Waals surface area contributed by atoms with Crippen molar-refractivity contribution in [2.45, 2.75) is 71.1 Å². The van der Waals surface area contributed by atoms with Crippen LogP contribution in [0.2, 0.25) is 0 Å². The van der Waals surface area contributed by atoms with E-state index in [-0.39, 0.29) is 43.4 Å². The first-order valence-corrected chi connectivity index (χ1v) is 10.9. The van der Waals surface area contributed by atoms with Crippen LogP contribution >= 0.6 is 0 Å². The third-order valence-corrected chi connectivity index (χ3v) is 5.02. The molecule has 1 aliphatic rings. The molecule has 0 atom stereocenters. The Balaban J connectivity index is 2.06. The molecule has 1 saturated heterocycles. The largest absolute Gasteiger partial charge is 0.493 e. The summed E-state index contributed by atoms with van der Waals surface area (Å²) in [6, 6.07) is 3.53. The predicted octanol–water partition coefficient (Wildman–Crippen LogP) is 5.54. The minimum atomic E-state index is -4.48. The molecule has 0 unspecified atom stereocenters. The molecule has 0 aromatic heterocycles. The van der Waals surface area contributed by atoms with Crippen LogP contribution in [0.25, 0.3) is 0 Å². The molecule has 0 spiro atoms. The number of halogens is 3. The van der Waals surface area contributed by atoms with Crippen LogP contribution in [0.4, 0.5) is 18.0 Å². The van der Waals surface area contributed by atoms with Crippen molar-refractivity contribution >= 4 is 12.1 Å². The molecule has 0 saturated carbocycles. The third-order valence-electron chi connectivity index (χ3n) is 5.02. The van der Waals surface area contributed by atoms with Gasteiger partial charge in [-0.15, -0.1) is 0 Å². The summed E-state index contributed by atoms with van der Waals surface area (Å²) in [5.74, 6) is -0.245. The number of hydrogen-bond acceptors (Lipinski definition) is 5. The fourth-order valence-electron chi connectivity index (χ4n) is 3.50. The summed E-state index contributed by atoms with van der Waals surface area (Å²) in [5, 5.41) is 0. The van der Waals surface area contributed by atoms with Crippen LogP contribution in [0, 0.1) is 0 Å². The molecule has 0 bridgehead atoms. The lowest BCUT2D eigenvalue weighted by molar-refractivity contribution is -0.143. The van der Waals surface area contributed by atoms with E-state index in [4.69, 9.17) is 14.2 Å². The van der Waals surface area contributed by atoms with Gasteiger partial charge in [-0.3, -0.25) is 4.79 Å². The lowest BCUT2D eigenvalue weighted by Crippen LogP contribution is -2.41. The van der Waals surface area contributed by atoms with Crippen molar-refractivity contribution in [2.24, 2.45) is 0 Å². The molecule has 0 N–H and O–H groups in total. The molecule has 1 aromatic rings. The van der Waals surface area contributed by atoms with Crippen LogP contribution in [-0.4, -0.2) is 48.9 Å². The van der Waals surface area contributed by atoms with Crippen molar-refractivity contribution < 1.29 is 37.0 Å². The smallest absolute Gasteiger partial charge is 0.416 e. The van der Waals surface area contributed by atoms with Crippen molar-refractivity contribution in [3.63, 3.8) is 0 Å². The average molecular weight is 460 g/mol. The van der Waals surface area contributed by atoms with Gasteiger partial charge in [-0.25, -0.2) is 4.79 Å². The summed E-state index contributed by atoms with van der Waals surface area (Å²) < 4.78 is 55.6. The van der Waals surface area contributed by atoms with Gasteiger partial charge in [-0.2, -0.15) is 13.2 Å². The maximum atomic E-state index is 13.2. The second-order valence-electron chi connectivity index (χ2n) is 8.75. The standard InChI is InChI=1S/C23H32F3NO5/c1-5-30-20(28)7-6-14-31-19-15-17(23(24,25)26)8-9-18(19)16-10-12-27(13-11-16)21(29)32-22(2,3)4/h8-9,15-16H,5-7,10-14H2,1-4H3. The molecule has 0 radical (unpaired) electrons. The monoisotopic (exact) mass is 459 g/mol. The number of hydrogen-bond donors (Lipinski definition) is 0. The zero-order valence-electron chi connectivity index (χ0n) is 19.1. The molecule has 180 valence electrons. The van der Waals surface area contributed by atoms with Crippen molar-refractivity contribution in [3.05, 3.63) is 29.3 Å². The van der Waals surface area contributed by atoms with Crippen LogP contribution in [0.15, 0.2) is 18.2 Å². The zero-order chi connectivity index (χ0) is 23.9. The van der Waals surface area contributed by atoms with E-state index in [0.29, 0.717) is 37.9 Å². The normalized spacial score (nSPS) is 15.4. The highest BCUT2D eigenvalue weighted by molar-refractivity contribution is 5.69. The second-order valence-corrected chi connectivity index (χ2v) is 8.75. The van der Waals surface area contributed by atoms with Crippen molar-refractivity contribution in [1.82, 2.24) is 4.90 Å². The number of ether oxygens (including phenoxy) is 3. The van der Waals surface area contributed by atoms with E-state index in [0.717, 1.165) is 12.1 Å². The van der Waals surface area contributed by atoms with Gasteiger partial charge in [0.2, 0.25) is 0 Å². The number of piperidine rings is 1. The summed E-state index contributed by atoms with van der Waals surface area (Å²) in [5.41, 5.74) is -0.697. The van der Waals surface area contributed by atoms with Crippen LogP contribution in [0.5, 0.6) is 5.75 Å². The van der Waals surface area contributed by atoms with Crippen molar-refractivity contribution in [1.29, 1.82) is 0 Å². The molecule has 1 fully saturated rings. The summed E-state index contributed by atoms with van der Waals surface area (Å²) in [7, 11) is 0. The number of likely N-dealkylation sites (tertiary alicyclic amines) is 1. The van der Waals surface area contributed by atoms with E-state index in [1.807, 2.05) is 0 Å². The number of alkyl halides is 3. The molecule has 1 aliphatic heterocycles. The first-order chi connectivity index (χ1) is 14.9. The maximum Gasteiger partial charge on any atom is 0.416 e. The van der Waals surface area contributed by atoms with Gasteiger partial charge in [0.25, 0.3) is 0 Å². The van der Waals surface area contributed by atoms with E-state index in [9.17, 15) is 22.8 Å². The Morgan fingerprint density at radius 1 is 1.12 bits per heavy atom. The van der Waals surface area contributed by atoms with Crippen LogP contribution in [0.3, 0.4) is 0 Å². The highest BCUT2D eigenvalue weighted by Crippen LogP contribution is 2.39. The zero-order valence-corrected chi connectivity index (χ0v) is 19.1. The lowest BCUT2D eigenvalue weighted by atomic mass is 9.88. The molecule has 9 heteroatoms. The van der Waals surface area contributed by atoms with E-state index < -0.39 is 17.3 Å². The van der Waals surface area contributed by atoms with E-state index in [2.05, 4.69) is 0 Å². The number of amides is 1. The van der Waals surface area contributed by atoms with Gasteiger partial charge in [-0.1, -0.05) is 6.07 Å². The summed E-state index contributed by atoms with van der Waals surface area (Å²) in [4.78, 5) is 25.3. The van der Waals surface area contributed by atoms with Crippen molar-refractivity contribution in [2.75, 3.05) is 26.3 Å². The van der Waals surface area contributed by atoms with Crippen LogP contribution in [0.1, 0.15) is 70.4 Å². The quantitative estimate of drug-likeness (QED) is 0.396. The lowest BCUT2D eigenvalue weighted by Gasteiger charge is -2.34. The predicted molar refractivity (Wildman–Crippen MR) is 113 cm³/mol. The van der Waals surface area contributed by atoms with Gasteiger partial charge < -0.3 is 19.1 Å². The summed E-state index contributed by atoms with van der Waals surface area (Å²) >= 11 is 0. The number of carbonyl (C=O) groups excluding carboxylic acids is 2. The molecule has 1 amide bonds. The molecule has 1 heterocycles. The Morgan fingerprint density at radius 3 is 2.34 bits per heavy atom. The average Bonchev–Trinajstić information content (AvgIpc) is 2.69. The molecule has 0 aliphatic carbocycles. The minimum absolute atomic E-state index is 0.0453. The van der Waals surface area contributed by atoms with Gasteiger partial charge in [-0.05, 0) is 70.6 Å². The SMILES string of the molecule is CCOC(=O)CCCOc1cc(C(F)(F)F)ccc1C1CCN(C(=O)OC(C)(C)C)CC1. The molecule has 32 heavy (non-hydrogen) atoms. The Morgan fingerprint density at radius 2 is 1.78 bits per heavy atom. The third kappa shape index (κ3) is 7.91. The molecule has 6 nitrogen and oxygen atoms in total. The molecule has 2 rings (SSSR count). The summed E-state index contributed by atoms with van der Waals surface area (Å²) in [6.45, 7) is 8.37. The van der Waals surface area contributed by atoms with E-state index in [1.165, 1.54) is 6.07 Å². The first-order valence-electron chi connectivity index (χ1n) is 10.9. The Labute approximate surface area is 187 Å². The number of esters is 1. The van der Waals surface area contributed by atoms with Gasteiger partial charge in [0.15, 0.2) is 0 Å². The molecular weight excluding hydrogens is 427 g/mol. The number of nitrogens with zero attached hydrogens (tertiary/aromatic N) is 1. The number of rotatable bonds is 7. The Kier molecular flexibility index (Phi) is 8.81. The van der Waals surface area contributed by atoms with Crippen LogP contribution in [-0.2, 0) is 20.4 Å². The Hall–Kier alpha value is -2.45. The topological polar surface area (TPSA) is 65.1 Å². The van der Waals surface area contributed by atoms with Gasteiger partial charge in [0.05, 0.1) is 18.8 Å². The first kappa shape index (κ1) is 25.8. The molecular formula is C23H32F3NO5. The number of carbonyl (C=O) groups is 2. The van der Waals surface area contributed by atoms with Crippen LogP contribution < -0.4 is 4.74 Å². The fraction of sp³-hybridized carbons (Fsp3) is 0.652. The van der Waals surface area contributed by atoms with E-state index in [1.54, 1.807) is 32.6 Å². The van der Waals surface area contributed by atoms with Gasteiger partial charge in [0.1, 0.15) is 11.4 Å². The fourth-order valence-corrected chi connectivity index (χ4v) is 3.50. The molecule has 1 aromatic carbocycles. The maximum absolute atomic E-state index is 13.2. The highest BCUT2D eigenvalue weighted by Gasteiger charge is 2.33. The highest BCUT2D eigenvalue weighted by atomic mass is 19.4. The minimum Gasteiger partial charge on any atom is -0.493 e. The van der Waals surface area contributed by atoms with Gasteiger partial charge in [0, 0.05) is 19.5 Å². The van der Waals surface area contributed by atoms with Crippen molar-refractivity contribution in [3.8, 4) is 5.75 Å². The van der Waals surface area contributed by atoms with E-state index >= 15 is 0 Å². The second kappa shape index (κ2) is 10.9. The number of benzene rings is 1. The summed E-state index contributed by atoms with van der Waals surface area (Å²) in [6.07, 6.45) is -3.23. The van der Waals surface area contributed by atoms with Gasteiger partial charge >= 0.3 is 18.2 Å².